The van der Waals surface area contributed by atoms with Crippen LogP contribution in [-0.2, 0) is 26.0 Å². The minimum atomic E-state index is -4.08. The lowest BCUT2D eigenvalue weighted by molar-refractivity contribution is -0.122. The number of nitrogens with zero attached hydrogens (tertiary/aromatic N) is 2. The summed E-state index contributed by atoms with van der Waals surface area (Å²) in [4.78, 5) is 30.8. The van der Waals surface area contributed by atoms with E-state index in [0.29, 0.717) is 12.1 Å². The van der Waals surface area contributed by atoms with Crippen LogP contribution in [0.2, 0.25) is 0 Å². The van der Waals surface area contributed by atoms with Gasteiger partial charge in [-0.25, -0.2) is 13.3 Å². The van der Waals surface area contributed by atoms with Crippen LogP contribution in [0.3, 0.4) is 0 Å². The monoisotopic (exact) mass is 629 g/mol. The van der Waals surface area contributed by atoms with E-state index in [1.807, 2.05) is 30.5 Å². The highest BCUT2D eigenvalue weighted by Gasteiger charge is 2.46. The number of imide groups is 1. The van der Waals surface area contributed by atoms with E-state index in [4.69, 9.17) is 0 Å². The van der Waals surface area contributed by atoms with Gasteiger partial charge in [-0.1, -0.05) is 50.1 Å². The summed E-state index contributed by atoms with van der Waals surface area (Å²) in [5.74, 6) is -0.989. The molecule has 1 aromatic heterocycles. The van der Waals surface area contributed by atoms with E-state index in [0.717, 1.165) is 30.3 Å². The van der Waals surface area contributed by atoms with Crippen molar-refractivity contribution in [1.29, 1.82) is 0 Å². The normalized spacial score (nSPS) is 16.4. The molecule has 1 fully saturated rings. The average Bonchev–Trinajstić information content (AvgIpc) is 3.40. The number of carbonyl (C=O) groups excluding carboxylic acids is 2. The lowest BCUT2D eigenvalue weighted by Crippen LogP contribution is -2.46. The van der Waals surface area contributed by atoms with E-state index in [1.54, 1.807) is 36.4 Å². The van der Waals surface area contributed by atoms with Crippen LogP contribution in [0, 0.1) is 0 Å². The molecule has 184 valence electrons. The van der Waals surface area contributed by atoms with Crippen LogP contribution in [0.1, 0.15) is 12.0 Å². The van der Waals surface area contributed by atoms with E-state index in [2.05, 4.69) is 36.8 Å². The number of amides is 2. The number of fused-ring (bicyclic) bond motifs is 1. The summed E-state index contributed by atoms with van der Waals surface area (Å²) < 4.78 is 30.3. The molecule has 1 unspecified atom stereocenters. The highest BCUT2D eigenvalue weighted by atomic mass is 79.9. The van der Waals surface area contributed by atoms with Crippen molar-refractivity contribution in [3.8, 4) is 0 Å². The number of halogens is 2. The molecular formula is C26H21Br2N3O4S. The van der Waals surface area contributed by atoms with Crippen LogP contribution < -0.4 is 4.90 Å². The largest absolute Gasteiger partial charge is 0.361 e. The van der Waals surface area contributed by atoms with E-state index >= 15 is 0 Å². The molecule has 5 rings (SSSR count). The zero-order valence-electron chi connectivity index (χ0n) is 18.9. The number of rotatable bonds is 7. The Balaban J connectivity index is 1.51. The van der Waals surface area contributed by atoms with Crippen molar-refractivity contribution in [3.05, 3.63) is 93.5 Å². The standard InChI is InChI=1S/C26H21Br2N3O4S/c27-18-5-9-20(10-6-18)31-25(32)15-24(26(31)33)30(36(34,35)21-11-7-19(28)8-12-21)14-13-17-16-29-23-4-2-1-3-22(17)23/h1-12,16,24,29H,13-15H2. The first kappa shape index (κ1) is 24.9. The zero-order chi connectivity index (χ0) is 25.4. The third kappa shape index (κ3) is 4.66. The number of sulfonamides is 1. The molecule has 3 aromatic carbocycles. The number of hydrogen-bond acceptors (Lipinski definition) is 4. The van der Waals surface area contributed by atoms with Crippen LogP contribution >= 0.6 is 31.9 Å². The number of nitrogens with one attached hydrogen (secondary N) is 1. The predicted molar refractivity (Wildman–Crippen MR) is 145 cm³/mol. The SMILES string of the molecule is O=C1CC(N(CCc2c[nH]c3ccccc23)S(=O)(=O)c2ccc(Br)cc2)C(=O)N1c1ccc(Br)cc1. The van der Waals surface area contributed by atoms with Crippen LogP contribution in [0.15, 0.2) is 92.8 Å². The first-order valence-electron chi connectivity index (χ1n) is 11.2. The predicted octanol–water partition coefficient (Wildman–Crippen LogP) is 5.26. The van der Waals surface area contributed by atoms with Crippen molar-refractivity contribution < 1.29 is 18.0 Å². The van der Waals surface area contributed by atoms with Gasteiger partial charge >= 0.3 is 0 Å². The van der Waals surface area contributed by atoms with Crippen LogP contribution in [-0.4, -0.2) is 42.1 Å². The maximum absolute atomic E-state index is 13.8. The second-order valence-electron chi connectivity index (χ2n) is 8.44. The van der Waals surface area contributed by atoms with E-state index < -0.39 is 27.9 Å². The van der Waals surface area contributed by atoms with E-state index in [1.165, 1.54) is 16.4 Å². The molecule has 1 N–H and O–H groups in total. The minimum Gasteiger partial charge on any atom is -0.361 e. The fourth-order valence-corrected chi connectivity index (χ4v) is 6.57. The molecule has 7 nitrogen and oxygen atoms in total. The van der Waals surface area contributed by atoms with Gasteiger partial charge in [0.2, 0.25) is 15.9 Å². The Hall–Kier alpha value is -2.79. The third-order valence-corrected chi connectivity index (χ3v) is 9.23. The van der Waals surface area contributed by atoms with Crippen molar-refractivity contribution in [2.45, 2.75) is 23.8 Å². The summed E-state index contributed by atoms with van der Waals surface area (Å²) in [6, 6.07) is 19.7. The Morgan fingerprint density at radius 2 is 1.56 bits per heavy atom. The highest BCUT2D eigenvalue weighted by Crippen LogP contribution is 2.31. The Morgan fingerprint density at radius 1 is 0.917 bits per heavy atom. The van der Waals surface area contributed by atoms with Crippen molar-refractivity contribution in [2.24, 2.45) is 0 Å². The molecule has 10 heteroatoms. The van der Waals surface area contributed by atoms with Gasteiger partial charge in [-0.15, -0.1) is 0 Å². The van der Waals surface area contributed by atoms with Crippen molar-refractivity contribution in [2.75, 3.05) is 11.4 Å². The molecule has 36 heavy (non-hydrogen) atoms. The van der Waals surface area contributed by atoms with Crippen molar-refractivity contribution in [3.63, 3.8) is 0 Å². The topological polar surface area (TPSA) is 90.5 Å². The van der Waals surface area contributed by atoms with Crippen LogP contribution in [0.25, 0.3) is 10.9 Å². The summed E-state index contributed by atoms with van der Waals surface area (Å²) in [6.07, 6.45) is 2.00. The second-order valence-corrected chi connectivity index (χ2v) is 12.2. The first-order chi connectivity index (χ1) is 17.3. The van der Waals surface area contributed by atoms with E-state index in [-0.39, 0.29) is 17.9 Å². The Kier molecular flexibility index (Phi) is 6.86. The number of anilines is 1. The van der Waals surface area contributed by atoms with Gasteiger partial charge in [-0.2, -0.15) is 4.31 Å². The van der Waals surface area contributed by atoms with Gasteiger partial charge in [0, 0.05) is 32.6 Å². The molecule has 0 spiro atoms. The Labute approximate surface area is 225 Å². The Bertz CT molecular complexity index is 1550. The summed E-state index contributed by atoms with van der Waals surface area (Å²) in [5.41, 5.74) is 2.29. The molecule has 0 aliphatic carbocycles. The average molecular weight is 631 g/mol. The minimum absolute atomic E-state index is 0.0398. The zero-order valence-corrected chi connectivity index (χ0v) is 22.9. The van der Waals surface area contributed by atoms with Gasteiger partial charge in [-0.05, 0) is 66.6 Å². The number of carbonyl (C=O) groups is 2. The maximum atomic E-state index is 13.8. The van der Waals surface area contributed by atoms with Crippen LogP contribution in [0.4, 0.5) is 5.69 Å². The van der Waals surface area contributed by atoms with E-state index in [9.17, 15) is 18.0 Å². The number of hydrogen-bond donors (Lipinski definition) is 1. The number of benzene rings is 3. The van der Waals surface area contributed by atoms with Crippen molar-refractivity contribution >= 4 is 70.3 Å². The number of H-pyrrole nitrogens is 1. The van der Waals surface area contributed by atoms with Gasteiger partial charge in [0.15, 0.2) is 0 Å². The summed E-state index contributed by atoms with van der Waals surface area (Å²) in [6.45, 7) is 0.0398. The fourth-order valence-electron chi connectivity index (χ4n) is 4.46. The number of aromatic amines is 1. The Morgan fingerprint density at radius 3 is 2.25 bits per heavy atom. The smallest absolute Gasteiger partial charge is 0.252 e. The van der Waals surface area contributed by atoms with Gasteiger partial charge in [0.1, 0.15) is 6.04 Å². The lowest BCUT2D eigenvalue weighted by atomic mass is 10.1. The maximum Gasteiger partial charge on any atom is 0.252 e. The van der Waals surface area contributed by atoms with Gasteiger partial charge in [0.05, 0.1) is 17.0 Å². The van der Waals surface area contributed by atoms with Crippen LogP contribution in [0.5, 0.6) is 0 Å². The van der Waals surface area contributed by atoms with Gasteiger partial charge in [-0.3, -0.25) is 9.59 Å². The summed E-state index contributed by atoms with van der Waals surface area (Å²) in [5, 5.41) is 0.990. The summed E-state index contributed by atoms with van der Waals surface area (Å²) >= 11 is 6.68. The molecule has 0 saturated carbocycles. The third-order valence-electron chi connectivity index (χ3n) is 6.25. The molecule has 2 amide bonds. The van der Waals surface area contributed by atoms with Crippen molar-refractivity contribution in [1.82, 2.24) is 9.29 Å². The number of aromatic nitrogens is 1. The first-order valence-corrected chi connectivity index (χ1v) is 14.2. The molecule has 2 heterocycles. The second kappa shape index (κ2) is 9.93. The number of para-hydroxylation sites is 1. The molecule has 1 atom stereocenters. The molecule has 1 saturated heterocycles. The van der Waals surface area contributed by atoms with Gasteiger partial charge < -0.3 is 4.98 Å². The molecule has 0 radical (unpaired) electrons. The summed E-state index contributed by atoms with van der Waals surface area (Å²) in [7, 11) is -4.08. The molecule has 0 bridgehead atoms. The fraction of sp³-hybridized carbons (Fsp3) is 0.154. The van der Waals surface area contributed by atoms with Gasteiger partial charge in [0.25, 0.3) is 5.91 Å². The molecular weight excluding hydrogens is 610 g/mol. The molecule has 1 aliphatic rings. The lowest BCUT2D eigenvalue weighted by Gasteiger charge is -2.27. The highest BCUT2D eigenvalue weighted by molar-refractivity contribution is 9.10. The molecule has 1 aliphatic heterocycles. The quantitative estimate of drug-likeness (QED) is 0.282. The molecule has 4 aromatic rings.